The lowest BCUT2D eigenvalue weighted by Crippen LogP contribution is -2.17. The van der Waals surface area contributed by atoms with Crippen LogP contribution in [0.4, 0.5) is 0 Å². The van der Waals surface area contributed by atoms with Crippen molar-refractivity contribution in [3.8, 4) is 0 Å². The minimum atomic E-state index is -0.905. The molecule has 0 aromatic carbocycles. The van der Waals surface area contributed by atoms with Crippen molar-refractivity contribution in [2.24, 2.45) is 0 Å². The zero-order chi connectivity index (χ0) is 24.2. The molecule has 3 nitrogen and oxygen atoms in total. The first-order valence-electron chi connectivity index (χ1n) is 15.1. The summed E-state index contributed by atoms with van der Waals surface area (Å²) in [5, 5.41) is 9.93. The second-order valence-corrected chi connectivity index (χ2v) is 10.3. The summed E-state index contributed by atoms with van der Waals surface area (Å²) in [4.78, 5) is 11.9. The molecule has 0 aliphatic carbocycles. The van der Waals surface area contributed by atoms with Crippen LogP contribution in [0.3, 0.4) is 0 Å². The van der Waals surface area contributed by atoms with Gasteiger partial charge in [-0.2, -0.15) is 0 Å². The monoisotopic (exact) mass is 468 g/mol. The number of unbranched alkanes of at least 4 members (excludes halogenated alkanes) is 22. The third-order valence-corrected chi connectivity index (χ3v) is 6.81. The summed E-state index contributed by atoms with van der Waals surface area (Å²) in [5.41, 5.74) is 0. The fraction of sp³-hybridized carbons (Fsp3) is 0.967. The minimum Gasteiger partial charge on any atom is -0.436 e. The number of aliphatic hydroxyl groups is 1. The Balaban J connectivity index is 3.29. The van der Waals surface area contributed by atoms with Crippen LogP contribution in [0.1, 0.15) is 181 Å². The lowest BCUT2D eigenvalue weighted by atomic mass is 10.0. The smallest absolute Gasteiger partial charge is 0.308 e. The van der Waals surface area contributed by atoms with Crippen LogP contribution in [-0.4, -0.2) is 17.4 Å². The molecule has 0 fully saturated rings. The molecule has 33 heavy (non-hydrogen) atoms. The van der Waals surface area contributed by atoms with E-state index in [4.69, 9.17) is 4.74 Å². The van der Waals surface area contributed by atoms with E-state index in [0.29, 0.717) is 12.8 Å². The largest absolute Gasteiger partial charge is 0.436 e. The van der Waals surface area contributed by atoms with Gasteiger partial charge in [-0.15, -0.1) is 0 Å². The SMILES string of the molecule is CCCCCCCCCCCCCCCC(O)OC(=O)CCCCCCCCCCCCC. The fourth-order valence-corrected chi connectivity index (χ4v) is 4.54. The Bertz CT molecular complexity index is 383. The fourth-order valence-electron chi connectivity index (χ4n) is 4.54. The second kappa shape index (κ2) is 27.7. The Morgan fingerprint density at radius 1 is 0.515 bits per heavy atom. The first kappa shape index (κ1) is 32.4. The Morgan fingerprint density at radius 2 is 0.818 bits per heavy atom. The predicted molar refractivity (Wildman–Crippen MR) is 143 cm³/mol. The molecule has 0 aliphatic heterocycles. The lowest BCUT2D eigenvalue weighted by Gasteiger charge is -2.12. The van der Waals surface area contributed by atoms with Crippen molar-refractivity contribution in [2.45, 2.75) is 187 Å². The lowest BCUT2D eigenvalue weighted by molar-refractivity contribution is -0.168. The van der Waals surface area contributed by atoms with E-state index in [-0.39, 0.29) is 5.97 Å². The van der Waals surface area contributed by atoms with Gasteiger partial charge >= 0.3 is 5.97 Å². The number of aliphatic hydroxyl groups excluding tert-OH is 1. The van der Waals surface area contributed by atoms with Crippen LogP contribution in [0.15, 0.2) is 0 Å². The molecule has 0 radical (unpaired) electrons. The quantitative estimate of drug-likeness (QED) is 0.0740. The molecule has 0 aromatic rings. The summed E-state index contributed by atoms with van der Waals surface area (Å²) in [6, 6.07) is 0. The molecule has 0 amide bonds. The van der Waals surface area contributed by atoms with Crippen molar-refractivity contribution >= 4 is 5.97 Å². The highest BCUT2D eigenvalue weighted by Gasteiger charge is 2.10. The van der Waals surface area contributed by atoms with Crippen LogP contribution in [0.25, 0.3) is 0 Å². The molecule has 0 aromatic heterocycles. The molecule has 1 unspecified atom stereocenters. The molecule has 0 bridgehead atoms. The van der Waals surface area contributed by atoms with Gasteiger partial charge in [0.1, 0.15) is 0 Å². The van der Waals surface area contributed by atoms with Gasteiger partial charge in [-0.25, -0.2) is 0 Å². The summed E-state index contributed by atoms with van der Waals surface area (Å²) in [5.74, 6) is -0.229. The van der Waals surface area contributed by atoms with Crippen molar-refractivity contribution in [3.05, 3.63) is 0 Å². The standard InChI is InChI=1S/C30H60O3/c1-3-5-7-9-11-13-15-16-18-20-22-24-26-28-30(32)33-29(31)27-25-23-21-19-17-14-12-10-8-6-4-2/h30,32H,3-28H2,1-2H3. The molecule has 3 heteroatoms. The highest BCUT2D eigenvalue weighted by molar-refractivity contribution is 5.69. The maximum Gasteiger partial charge on any atom is 0.308 e. The van der Waals surface area contributed by atoms with Gasteiger partial charge in [0.25, 0.3) is 0 Å². The summed E-state index contributed by atoms with van der Waals surface area (Å²) in [6.07, 6.45) is 31.2. The van der Waals surface area contributed by atoms with Crippen LogP contribution in [0.5, 0.6) is 0 Å². The van der Waals surface area contributed by atoms with E-state index < -0.39 is 6.29 Å². The maximum absolute atomic E-state index is 11.9. The average molecular weight is 469 g/mol. The number of ether oxygens (including phenoxy) is 1. The van der Waals surface area contributed by atoms with Gasteiger partial charge in [0.2, 0.25) is 6.29 Å². The van der Waals surface area contributed by atoms with Crippen molar-refractivity contribution in [3.63, 3.8) is 0 Å². The highest BCUT2D eigenvalue weighted by atomic mass is 16.6. The van der Waals surface area contributed by atoms with Crippen molar-refractivity contribution in [1.82, 2.24) is 0 Å². The topological polar surface area (TPSA) is 46.5 Å². The van der Waals surface area contributed by atoms with Gasteiger partial charge in [-0.3, -0.25) is 4.79 Å². The molecular weight excluding hydrogens is 408 g/mol. The van der Waals surface area contributed by atoms with Crippen LogP contribution in [-0.2, 0) is 9.53 Å². The van der Waals surface area contributed by atoms with E-state index in [1.165, 1.54) is 128 Å². The van der Waals surface area contributed by atoms with Crippen LogP contribution in [0.2, 0.25) is 0 Å². The summed E-state index contributed by atoms with van der Waals surface area (Å²) in [7, 11) is 0. The molecule has 0 saturated heterocycles. The summed E-state index contributed by atoms with van der Waals surface area (Å²) in [6.45, 7) is 4.53. The van der Waals surface area contributed by atoms with Gasteiger partial charge in [-0.05, 0) is 12.8 Å². The van der Waals surface area contributed by atoms with Gasteiger partial charge in [-0.1, -0.05) is 155 Å². The Kier molecular flexibility index (Phi) is 27.2. The van der Waals surface area contributed by atoms with Crippen molar-refractivity contribution in [1.29, 1.82) is 0 Å². The van der Waals surface area contributed by atoms with Gasteiger partial charge in [0.15, 0.2) is 0 Å². The number of hydrogen-bond acceptors (Lipinski definition) is 3. The predicted octanol–water partition coefficient (Wildman–Crippen LogP) is 10.0. The number of hydrogen-bond donors (Lipinski definition) is 1. The zero-order valence-corrected chi connectivity index (χ0v) is 22.7. The molecular formula is C30H60O3. The van der Waals surface area contributed by atoms with E-state index in [1.807, 2.05) is 0 Å². The first-order chi connectivity index (χ1) is 16.2. The van der Waals surface area contributed by atoms with Crippen LogP contribution < -0.4 is 0 Å². The summed E-state index contributed by atoms with van der Waals surface area (Å²) >= 11 is 0. The highest BCUT2D eigenvalue weighted by Crippen LogP contribution is 2.15. The Morgan fingerprint density at radius 3 is 1.18 bits per heavy atom. The molecule has 0 rings (SSSR count). The van der Waals surface area contributed by atoms with Gasteiger partial charge in [0, 0.05) is 12.8 Å². The third-order valence-electron chi connectivity index (χ3n) is 6.81. The molecule has 0 aliphatic rings. The van der Waals surface area contributed by atoms with E-state index in [1.54, 1.807) is 0 Å². The third kappa shape index (κ3) is 27.6. The van der Waals surface area contributed by atoms with Crippen molar-refractivity contribution in [2.75, 3.05) is 0 Å². The normalized spacial score (nSPS) is 12.2. The Hall–Kier alpha value is -0.570. The van der Waals surface area contributed by atoms with Crippen LogP contribution in [0, 0.1) is 0 Å². The van der Waals surface area contributed by atoms with E-state index in [9.17, 15) is 9.90 Å². The zero-order valence-electron chi connectivity index (χ0n) is 22.7. The van der Waals surface area contributed by atoms with E-state index >= 15 is 0 Å². The van der Waals surface area contributed by atoms with E-state index in [2.05, 4.69) is 13.8 Å². The molecule has 1 N–H and O–H groups in total. The number of rotatable bonds is 27. The number of esters is 1. The molecule has 198 valence electrons. The van der Waals surface area contributed by atoms with Gasteiger partial charge in [0.05, 0.1) is 0 Å². The second-order valence-electron chi connectivity index (χ2n) is 10.3. The molecule has 0 saturated carbocycles. The van der Waals surface area contributed by atoms with E-state index in [0.717, 1.165) is 25.7 Å². The van der Waals surface area contributed by atoms with Crippen molar-refractivity contribution < 1.29 is 14.6 Å². The minimum absolute atomic E-state index is 0.229. The first-order valence-corrected chi connectivity index (χ1v) is 15.1. The van der Waals surface area contributed by atoms with Crippen LogP contribution >= 0.6 is 0 Å². The number of carbonyl (C=O) groups excluding carboxylic acids is 1. The maximum atomic E-state index is 11.9. The molecule has 0 spiro atoms. The Labute approximate surface area is 207 Å². The molecule has 1 atom stereocenters. The number of carbonyl (C=O) groups is 1. The summed E-state index contributed by atoms with van der Waals surface area (Å²) < 4.78 is 5.17. The average Bonchev–Trinajstić information content (AvgIpc) is 2.80. The van der Waals surface area contributed by atoms with Gasteiger partial charge < -0.3 is 9.84 Å². The molecule has 0 heterocycles.